The lowest BCUT2D eigenvalue weighted by molar-refractivity contribution is 0.599. The Balaban J connectivity index is 3.21. The number of anilines is 1. The molecule has 1 rings (SSSR count). The monoisotopic (exact) mass is 173 g/mol. The van der Waals surface area contributed by atoms with Crippen LogP contribution in [0.4, 0.5) is 10.2 Å². The van der Waals surface area contributed by atoms with Crippen molar-refractivity contribution in [1.82, 2.24) is 9.97 Å². The smallest absolute Gasteiger partial charge is 0.189 e. The predicted molar refractivity (Wildman–Crippen MR) is 42.9 cm³/mol. The van der Waals surface area contributed by atoms with E-state index < -0.39 is 5.82 Å². The highest BCUT2D eigenvalue weighted by atomic mass is 32.2. The number of thioether (sulfide) groups is 1. The van der Waals surface area contributed by atoms with Crippen LogP contribution in [0.15, 0.2) is 5.16 Å². The lowest BCUT2D eigenvalue weighted by Gasteiger charge is -2.00. The van der Waals surface area contributed by atoms with Crippen LogP contribution < -0.4 is 5.73 Å². The van der Waals surface area contributed by atoms with Gasteiger partial charge in [-0.15, -0.1) is 0 Å². The number of rotatable bonds is 1. The Morgan fingerprint density at radius 2 is 2.09 bits per heavy atom. The van der Waals surface area contributed by atoms with Crippen LogP contribution in [0.5, 0.6) is 0 Å². The van der Waals surface area contributed by atoms with E-state index in [2.05, 4.69) is 9.97 Å². The highest BCUT2D eigenvalue weighted by Crippen LogP contribution is 2.15. The Morgan fingerprint density at radius 3 is 2.55 bits per heavy atom. The largest absolute Gasteiger partial charge is 0.381 e. The molecule has 2 N–H and O–H groups in total. The Morgan fingerprint density at radius 1 is 1.45 bits per heavy atom. The van der Waals surface area contributed by atoms with Crippen LogP contribution in [-0.2, 0) is 0 Å². The van der Waals surface area contributed by atoms with Gasteiger partial charge in [0.15, 0.2) is 16.8 Å². The summed E-state index contributed by atoms with van der Waals surface area (Å²) in [5, 5.41) is 0.501. The molecule has 11 heavy (non-hydrogen) atoms. The molecule has 0 fully saturated rings. The predicted octanol–water partition coefficient (Wildman–Crippen LogP) is 1.23. The van der Waals surface area contributed by atoms with Crippen LogP contribution in [0.25, 0.3) is 0 Å². The Labute approximate surface area is 68.2 Å². The second-order valence-electron chi connectivity index (χ2n) is 1.99. The molecule has 3 nitrogen and oxygen atoms in total. The fourth-order valence-corrected chi connectivity index (χ4v) is 1.06. The molecule has 0 aliphatic rings. The van der Waals surface area contributed by atoms with E-state index >= 15 is 0 Å². The SMILES string of the molecule is CSc1nc(C)c(F)c(N)n1. The van der Waals surface area contributed by atoms with Gasteiger partial charge in [0.25, 0.3) is 0 Å². The van der Waals surface area contributed by atoms with Gasteiger partial charge in [-0.25, -0.2) is 14.4 Å². The maximum atomic E-state index is 12.8. The molecule has 5 heteroatoms. The minimum absolute atomic E-state index is 0.0816. The molecule has 0 amide bonds. The fourth-order valence-electron chi connectivity index (χ4n) is 0.646. The van der Waals surface area contributed by atoms with Gasteiger partial charge >= 0.3 is 0 Å². The van der Waals surface area contributed by atoms with Crippen molar-refractivity contribution in [3.05, 3.63) is 11.5 Å². The highest BCUT2D eigenvalue weighted by molar-refractivity contribution is 7.98. The van der Waals surface area contributed by atoms with Crippen molar-refractivity contribution in [3.8, 4) is 0 Å². The van der Waals surface area contributed by atoms with E-state index in [1.54, 1.807) is 6.92 Å². The minimum Gasteiger partial charge on any atom is -0.381 e. The molecule has 1 heterocycles. The zero-order chi connectivity index (χ0) is 8.43. The third-order valence-corrected chi connectivity index (χ3v) is 1.75. The second-order valence-corrected chi connectivity index (χ2v) is 2.77. The van der Waals surface area contributed by atoms with E-state index in [0.717, 1.165) is 0 Å². The molecule has 0 aliphatic carbocycles. The van der Waals surface area contributed by atoms with Gasteiger partial charge in [-0.1, -0.05) is 11.8 Å². The van der Waals surface area contributed by atoms with E-state index in [-0.39, 0.29) is 5.82 Å². The maximum Gasteiger partial charge on any atom is 0.189 e. The van der Waals surface area contributed by atoms with Gasteiger partial charge in [-0.2, -0.15) is 0 Å². The van der Waals surface area contributed by atoms with Crippen molar-refractivity contribution < 1.29 is 4.39 Å². The summed E-state index contributed by atoms with van der Waals surface area (Å²) in [5.41, 5.74) is 5.55. The molecule has 0 unspecified atom stereocenters. The first kappa shape index (κ1) is 8.26. The third kappa shape index (κ3) is 1.59. The van der Waals surface area contributed by atoms with E-state index in [0.29, 0.717) is 10.9 Å². The van der Waals surface area contributed by atoms with Crippen LogP contribution >= 0.6 is 11.8 Å². The molecule has 1 aromatic rings. The number of nitrogens with zero attached hydrogens (tertiary/aromatic N) is 2. The van der Waals surface area contributed by atoms with Crippen LogP contribution in [0, 0.1) is 12.7 Å². The van der Waals surface area contributed by atoms with Crippen LogP contribution in [0.1, 0.15) is 5.69 Å². The van der Waals surface area contributed by atoms with Crippen molar-refractivity contribution in [2.75, 3.05) is 12.0 Å². The molecular formula is C6H8FN3S. The second kappa shape index (κ2) is 3.04. The molecule has 0 bridgehead atoms. The number of hydrogen-bond acceptors (Lipinski definition) is 4. The van der Waals surface area contributed by atoms with Gasteiger partial charge in [-0.05, 0) is 13.2 Å². The molecule has 0 saturated heterocycles. The highest BCUT2D eigenvalue weighted by Gasteiger charge is 2.06. The average Bonchev–Trinajstić information content (AvgIpc) is 1.99. The molecule has 60 valence electrons. The first-order chi connectivity index (χ1) is 5.15. The number of nitrogen functional groups attached to an aromatic ring is 1. The van der Waals surface area contributed by atoms with Crippen molar-refractivity contribution in [2.45, 2.75) is 12.1 Å². The first-order valence-electron chi connectivity index (χ1n) is 2.98. The van der Waals surface area contributed by atoms with Gasteiger partial charge < -0.3 is 5.73 Å². The summed E-state index contributed by atoms with van der Waals surface area (Å²) in [4.78, 5) is 7.56. The molecule has 0 atom stereocenters. The average molecular weight is 173 g/mol. The number of aryl methyl sites for hydroxylation is 1. The van der Waals surface area contributed by atoms with Gasteiger partial charge in [0.2, 0.25) is 0 Å². The van der Waals surface area contributed by atoms with Gasteiger partial charge in [0.05, 0.1) is 5.69 Å². The first-order valence-corrected chi connectivity index (χ1v) is 4.21. The van der Waals surface area contributed by atoms with E-state index in [9.17, 15) is 4.39 Å². The summed E-state index contributed by atoms with van der Waals surface area (Å²) in [5.74, 6) is -0.607. The molecule has 0 aliphatic heterocycles. The summed E-state index contributed by atoms with van der Waals surface area (Å²) in [6.07, 6.45) is 1.81. The molecule has 0 spiro atoms. The van der Waals surface area contributed by atoms with E-state index in [4.69, 9.17) is 5.73 Å². The summed E-state index contributed by atoms with van der Waals surface area (Å²) >= 11 is 1.34. The Hall–Kier alpha value is -0.840. The standard InChI is InChI=1S/C6H8FN3S/c1-3-4(7)5(8)10-6(9-3)11-2/h1-2H3,(H2,8,9,10). The number of hydrogen-bond donors (Lipinski definition) is 1. The lowest BCUT2D eigenvalue weighted by atomic mass is 10.4. The summed E-state index contributed by atoms with van der Waals surface area (Å²) < 4.78 is 12.8. The lowest BCUT2D eigenvalue weighted by Crippen LogP contribution is -2.01. The molecular weight excluding hydrogens is 165 g/mol. The van der Waals surface area contributed by atoms with E-state index in [1.807, 2.05) is 6.26 Å². The van der Waals surface area contributed by atoms with Crippen molar-refractivity contribution in [1.29, 1.82) is 0 Å². The number of halogens is 1. The van der Waals surface area contributed by atoms with Crippen LogP contribution in [0.2, 0.25) is 0 Å². The molecule has 1 aromatic heterocycles. The minimum atomic E-state index is -0.525. The van der Waals surface area contributed by atoms with Crippen molar-refractivity contribution in [3.63, 3.8) is 0 Å². The maximum absolute atomic E-state index is 12.8. The zero-order valence-corrected chi connectivity index (χ0v) is 7.07. The topological polar surface area (TPSA) is 51.8 Å². The quantitative estimate of drug-likeness (QED) is 0.512. The van der Waals surface area contributed by atoms with E-state index in [1.165, 1.54) is 11.8 Å². The van der Waals surface area contributed by atoms with Gasteiger partial charge in [-0.3, -0.25) is 0 Å². The molecule has 0 saturated carbocycles. The summed E-state index contributed by atoms with van der Waals surface area (Å²) in [6, 6.07) is 0. The van der Waals surface area contributed by atoms with Gasteiger partial charge in [0.1, 0.15) is 0 Å². The normalized spacial score (nSPS) is 10.1. The van der Waals surface area contributed by atoms with Crippen LogP contribution in [-0.4, -0.2) is 16.2 Å². The fraction of sp³-hybridized carbons (Fsp3) is 0.333. The number of nitrogens with two attached hydrogens (primary N) is 1. The molecule has 0 aromatic carbocycles. The number of aromatic nitrogens is 2. The third-order valence-electron chi connectivity index (χ3n) is 1.20. The van der Waals surface area contributed by atoms with Crippen molar-refractivity contribution in [2.24, 2.45) is 0 Å². The zero-order valence-electron chi connectivity index (χ0n) is 6.26. The Bertz CT molecular complexity index is 254. The van der Waals surface area contributed by atoms with Gasteiger partial charge in [0, 0.05) is 0 Å². The summed E-state index contributed by atoms with van der Waals surface area (Å²) in [7, 11) is 0. The van der Waals surface area contributed by atoms with Crippen LogP contribution in [0.3, 0.4) is 0 Å². The Kier molecular flexibility index (Phi) is 2.28. The summed E-state index contributed by atoms with van der Waals surface area (Å²) in [6.45, 7) is 1.56. The van der Waals surface area contributed by atoms with Crippen molar-refractivity contribution >= 4 is 17.6 Å². The molecule has 0 radical (unpaired) electrons.